The van der Waals surface area contributed by atoms with E-state index in [-0.39, 0.29) is 5.82 Å². The zero-order chi connectivity index (χ0) is 21.5. The van der Waals surface area contributed by atoms with Gasteiger partial charge in [-0.3, -0.25) is 4.79 Å². The van der Waals surface area contributed by atoms with Crippen LogP contribution < -0.4 is 5.32 Å². The fraction of sp³-hybridized carbons (Fsp3) is 0.174. The third kappa shape index (κ3) is 3.39. The minimum Gasteiger partial charge on any atom is -0.320 e. The van der Waals surface area contributed by atoms with Crippen LogP contribution in [0.3, 0.4) is 0 Å². The summed E-state index contributed by atoms with van der Waals surface area (Å²) in [5.41, 5.74) is 3.54. The minimum atomic E-state index is -0.471. The second-order valence-electron chi connectivity index (χ2n) is 7.48. The number of nitrogens with zero attached hydrogens (tertiary/aromatic N) is 4. The molecule has 0 unspecified atom stereocenters. The van der Waals surface area contributed by atoms with Crippen molar-refractivity contribution in [2.45, 2.75) is 26.2 Å². The van der Waals surface area contributed by atoms with Crippen molar-refractivity contribution < 1.29 is 13.6 Å². The van der Waals surface area contributed by atoms with E-state index in [0.717, 1.165) is 30.5 Å². The van der Waals surface area contributed by atoms with Crippen molar-refractivity contribution >= 4 is 11.6 Å². The van der Waals surface area contributed by atoms with Crippen LogP contribution in [0.25, 0.3) is 11.4 Å². The summed E-state index contributed by atoms with van der Waals surface area (Å²) in [5, 5.41) is 7.25. The summed E-state index contributed by atoms with van der Waals surface area (Å²) in [6.45, 7) is 1.78. The highest BCUT2D eigenvalue weighted by molar-refractivity contribution is 6.04. The predicted octanol–water partition coefficient (Wildman–Crippen LogP) is 4.39. The summed E-state index contributed by atoms with van der Waals surface area (Å²) >= 11 is 0. The molecule has 4 aromatic rings. The Morgan fingerprint density at radius 2 is 1.90 bits per heavy atom. The van der Waals surface area contributed by atoms with E-state index in [1.165, 1.54) is 18.2 Å². The number of fused-ring (bicyclic) bond motifs is 1. The number of nitrogens with one attached hydrogen (secondary N) is 1. The highest BCUT2D eigenvalue weighted by Gasteiger charge is 2.27. The van der Waals surface area contributed by atoms with Gasteiger partial charge in [0.2, 0.25) is 0 Å². The number of imidazole rings is 1. The lowest BCUT2D eigenvalue weighted by molar-refractivity contribution is 0.102. The smallest absolute Gasteiger partial charge is 0.276 e. The molecular weight excluding hydrogens is 400 g/mol. The van der Waals surface area contributed by atoms with Gasteiger partial charge in [-0.15, -0.1) is 0 Å². The lowest BCUT2D eigenvalue weighted by Gasteiger charge is -2.09. The zero-order valence-electron chi connectivity index (χ0n) is 16.8. The van der Waals surface area contributed by atoms with Crippen LogP contribution in [0.15, 0.2) is 54.9 Å². The summed E-state index contributed by atoms with van der Waals surface area (Å²) in [4.78, 5) is 17.1. The van der Waals surface area contributed by atoms with Crippen molar-refractivity contribution in [2.24, 2.45) is 0 Å². The first-order valence-corrected chi connectivity index (χ1v) is 9.99. The normalized spacial score (nSPS) is 12.7. The summed E-state index contributed by atoms with van der Waals surface area (Å²) < 4.78 is 31.3. The van der Waals surface area contributed by atoms with Crippen molar-refractivity contribution in [3.05, 3.63) is 89.3 Å². The molecule has 1 aliphatic carbocycles. The molecule has 31 heavy (non-hydrogen) atoms. The number of carbonyl (C=O) groups is 1. The van der Waals surface area contributed by atoms with Crippen molar-refractivity contribution in [1.29, 1.82) is 0 Å². The van der Waals surface area contributed by atoms with Gasteiger partial charge in [-0.25, -0.2) is 18.4 Å². The van der Waals surface area contributed by atoms with E-state index in [1.54, 1.807) is 52.8 Å². The Kier molecular flexibility index (Phi) is 4.62. The number of carbonyl (C=O) groups excluding carboxylic acids is 1. The number of hydrogen-bond acceptors (Lipinski definition) is 3. The van der Waals surface area contributed by atoms with Gasteiger partial charge in [-0.2, -0.15) is 5.10 Å². The predicted molar refractivity (Wildman–Crippen MR) is 112 cm³/mol. The number of aromatic nitrogens is 4. The summed E-state index contributed by atoms with van der Waals surface area (Å²) in [6, 6.07) is 10.5. The molecule has 0 radical (unpaired) electrons. The van der Waals surface area contributed by atoms with Crippen molar-refractivity contribution in [3.63, 3.8) is 0 Å². The Labute approximate surface area is 177 Å². The minimum absolute atomic E-state index is 0.312. The van der Waals surface area contributed by atoms with Gasteiger partial charge in [0.05, 0.1) is 11.4 Å². The highest BCUT2D eigenvalue weighted by atomic mass is 19.1. The van der Waals surface area contributed by atoms with Crippen LogP contribution in [0.5, 0.6) is 0 Å². The summed E-state index contributed by atoms with van der Waals surface area (Å²) in [6.07, 6.45) is 5.73. The Hall–Kier alpha value is -3.81. The molecule has 0 bridgehead atoms. The molecule has 1 amide bonds. The SMILES string of the molecule is Cc1nccn1-c1ccc(NC(=O)c2nn(-c3ccc(F)cc3)c3c2CCC3)cc1F. The largest absolute Gasteiger partial charge is 0.320 e. The van der Waals surface area contributed by atoms with E-state index in [4.69, 9.17) is 0 Å². The van der Waals surface area contributed by atoms with Crippen LogP contribution in [0.4, 0.5) is 14.5 Å². The van der Waals surface area contributed by atoms with Crippen LogP contribution in [-0.2, 0) is 12.8 Å². The topological polar surface area (TPSA) is 64.7 Å². The zero-order valence-corrected chi connectivity index (χ0v) is 16.8. The maximum Gasteiger partial charge on any atom is 0.276 e. The third-order valence-electron chi connectivity index (χ3n) is 5.51. The molecule has 1 N–H and O–H groups in total. The first-order chi connectivity index (χ1) is 15.0. The van der Waals surface area contributed by atoms with Crippen LogP contribution in [-0.4, -0.2) is 25.2 Å². The molecule has 0 saturated carbocycles. The lowest BCUT2D eigenvalue weighted by atomic mass is 10.2. The monoisotopic (exact) mass is 419 g/mol. The Balaban J connectivity index is 1.44. The van der Waals surface area contributed by atoms with E-state index in [9.17, 15) is 13.6 Å². The molecule has 0 fully saturated rings. The van der Waals surface area contributed by atoms with Gasteiger partial charge in [0.1, 0.15) is 17.5 Å². The van der Waals surface area contributed by atoms with Gasteiger partial charge >= 0.3 is 0 Å². The van der Waals surface area contributed by atoms with Gasteiger partial charge < -0.3 is 9.88 Å². The molecule has 156 valence electrons. The van der Waals surface area contributed by atoms with Crippen LogP contribution >= 0.6 is 0 Å². The Bertz CT molecular complexity index is 1290. The standard InChI is InChI=1S/C23H19F2N5O/c1-14-26-11-12-29(14)21-10-7-16(13-19(21)25)27-23(31)22-18-3-2-4-20(18)30(28-22)17-8-5-15(24)6-9-17/h5-13H,2-4H2,1H3,(H,27,31). The Morgan fingerprint density at radius 1 is 1.10 bits per heavy atom. The second kappa shape index (κ2) is 7.46. The number of rotatable bonds is 4. The molecule has 0 atom stereocenters. The van der Waals surface area contributed by atoms with Crippen LogP contribution in [0, 0.1) is 18.6 Å². The van der Waals surface area contributed by atoms with Crippen molar-refractivity contribution in [2.75, 3.05) is 5.32 Å². The van der Waals surface area contributed by atoms with E-state index in [1.807, 2.05) is 0 Å². The summed E-state index contributed by atoms with van der Waals surface area (Å²) in [5.74, 6) is -0.537. The lowest BCUT2D eigenvalue weighted by Crippen LogP contribution is -2.15. The number of amides is 1. The van der Waals surface area contributed by atoms with Crippen LogP contribution in [0.2, 0.25) is 0 Å². The van der Waals surface area contributed by atoms with Gasteiger partial charge in [-0.1, -0.05) is 0 Å². The van der Waals surface area contributed by atoms with Gasteiger partial charge in [0.15, 0.2) is 5.69 Å². The third-order valence-corrected chi connectivity index (χ3v) is 5.51. The number of anilines is 1. The van der Waals surface area contributed by atoms with Crippen molar-refractivity contribution in [3.8, 4) is 11.4 Å². The molecule has 2 aromatic carbocycles. The van der Waals surface area contributed by atoms with Crippen molar-refractivity contribution in [1.82, 2.24) is 19.3 Å². The molecule has 2 heterocycles. The second-order valence-corrected chi connectivity index (χ2v) is 7.48. The first-order valence-electron chi connectivity index (χ1n) is 9.99. The van der Waals surface area contributed by atoms with E-state index in [2.05, 4.69) is 15.4 Å². The van der Waals surface area contributed by atoms with Crippen LogP contribution in [0.1, 0.15) is 34.0 Å². The van der Waals surface area contributed by atoms with Gasteiger partial charge in [0.25, 0.3) is 5.91 Å². The van der Waals surface area contributed by atoms with E-state index < -0.39 is 11.7 Å². The fourth-order valence-corrected chi connectivity index (χ4v) is 4.02. The molecule has 0 saturated heterocycles. The number of halogens is 2. The average Bonchev–Trinajstić information content (AvgIpc) is 3.46. The molecule has 8 heteroatoms. The number of aryl methyl sites for hydroxylation is 1. The Morgan fingerprint density at radius 3 is 2.61 bits per heavy atom. The molecule has 1 aliphatic rings. The quantitative estimate of drug-likeness (QED) is 0.534. The number of benzene rings is 2. The fourth-order valence-electron chi connectivity index (χ4n) is 4.02. The number of hydrogen-bond donors (Lipinski definition) is 1. The molecule has 2 aromatic heterocycles. The van der Waals surface area contributed by atoms with Gasteiger partial charge in [0, 0.05) is 29.3 Å². The van der Waals surface area contributed by atoms with Gasteiger partial charge in [-0.05, 0) is 68.7 Å². The van der Waals surface area contributed by atoms with E-state index >= 15 is 0 Å². The molecule has 0 aliphatic heterocycles. The summed E-state index contributed by atoms with van der Waals surface area (Å²) in [7, 11) is 0. The highest BCUT2D eigenvalue weighted by Crippen LogP contribution is 2.29. The van der Waals surface area contributed by atoms with E-state index in [0.29, 0.717) is 28.6 Å². The maximum atomic E-state index is 14.7. The molecule has 5 rings (SSSR count). The first kappa shape index (κ1) is 19.2. The maximum absolute atomic E-state index is 14.7. The molecule has 6 nitrogen and oxygen atoms in total. The average molecular weight is 419 g/mol. The molecule has 0 spiro atoms. The molecular formula is C23H19F2N5O.